The zero-order valence-corrected chi connectivity index (χ0v) is 11.3. The van der Waals surface area contributed by atoms with E-state index in [0.717, 1.165) is 6.54 Å². The fourth-order valence-electron chi connectivity index (χ4n) is 2.75. The Morgan fingerprint density at radius 1 is 1.35 bits per heavy atom. The van der Waals surface area contributed by atoms with Crippen molar-refractivity contribution >= 4 is 11.4 Å². The summed E-state index contributed by atoms with van der Waals surface area (Å²) in [5, 5.41) is 3.37. The molecule has 1 heterocycles. The standard InChI is InChI=1S/C15H24N2/c1-4-16-14-8-9-15(12(2)11-14)17-10-6-5-7-13(17)3/h8-9,11,13,16H,4-7,10H2,1-3H3. The molecule has 0 aromatic heterocycles. The van der Waals surface area contributed by atoms with Gasteiger partial charge in [-0.25, -0.2) is 0 Å². The van der Waals surface area contributed by atoms with E-state index in [0.29, 0.717) is 6.04 Å². The fourth-order valence-corrected chi connectivity index (χ4v) is 2.75. The Labute approximate surface area is 105 Å². The van der Waals surface area contributed by atoms with Gasteiger partial charge in [0.05, 0.1) is 0 Å². The average molecular weight is 232 g/mol. The summed E-state index contributed by atoms with van der Waals surface area (Å²) in [5.41, 5.74) is 4.04. The molecule has 94 valence electrons. The lowest BCUT2D eigenvalue weighted by Gasteiger charge is -2.36. The van der Waals surface area contributed by atoms with E-state index in [1.807, 2.05) is 0 Å². The second-order valence-electron chi connectivity index (χ2n) is 5.07. The van der Waals surface area contributed by atoms with E-state index in [2.05, 4.69) is 49.2 Å². The minimum atomic E-state index is 0.687. The molecule has 0 radical (unpaired) electrons. The average Bonchev–Trinajstić information content (AvgIpc) is 2.31. The van der Waals surface area contributed by atoms with Crippen LogP contribution in [0.15, 0.2) is 18.2 Å². The fraction of sp³-hybridized carbons (Fsp3) is 0.600. The van der Waals surface area contributed by atoms with Crippen LogP contribution in [0.25, 0.3) is 0 Å². The van der Waals surface area contributed by atoms with E-state index in [-0.39, 0.29) is 0 Å². The number of piperidine rings is 1. The molecular formula is C15H24N2. The van der Waals surface area contributed by atoms with E-state index in [4.69, 9.17) is 0 Å². The Balaban J connectivity index is 2.20. The van der Waals surface area contributed by atoms with Gasteiger partial charge in [0.15, 0.2) is 0 Å². The lowest BCUT2D eigenvalue weighted by Crippen LogP contribution is -2.37. The van der Waals surface area contributed by atoms with Crippen molar-refractivity contribution in [1.29, 1.82) is 0 Å². The predicted molar refractivity (Wildman–Crippen MR) is 76.0 cm³/mol. The highest BCUT2D eigenvalue weighted by Gasteiger charge is 2.19. The van der Waals surface area contributed by atoms with Crippen LogP contribution in [-0.4, -0.2) is 19.1 Å². The number of benzene rings is 1. The molecule has 17 heavy (non-hydrogen) atoms. The Hall–Kier alpha value is -1.18. The molecule has 0 bridgehead atoms. The lowest BCUT2D eigenvalue weighted by molar-refractivity contribution is 0.484. The van der Waals surface area contributed by atoms with E-state index < -0.39 is 0 Å². The van der Waals surface area contributed by atoms with Gasteiger partial charge >= 0.3 is 0 Å². The van der Waals surface area contributed by atoms with Gasteiger partial charge in [-0.3, -0.25) is 0 Å². The van der Waals surface area contributed by atoms with Crippen molar-refractivity contribution < 1.29 is 0 Å². The van der Waals surface area contributed by atoms with Gasteiger partial charge in [-0.05, 0) is 63.8 Å². The van der Waals surface area contributed by atoms with Crippen LogP contribution in [0.3, 0.4) is 0 Å². The molecule has 1 aliphatic rings. The molecular weight excluding hydrogens is 208 g/mol. The van der Waals surface area contributed by atoms with Crippen LogP contribution in [-0.2, 0) is 0 Å². The summed E-state index contributed by atoms with van der Waals surface area (Å²) in [4.78, 5) is 2.56. The molecule has 1 fully saturated rings. The highest BCUT2D eigenvalue weighted by atomic mass is 15.2. The molecule has 2 rings (SSSR count). The van der Waals surface area contributed by atoms with Crippen LogP contribution >= 0.6 is 0 Å². The van der Waals surface area contributed by atoms with Crippen LogP contribution in [0.1, 0.15) is 38.7 Å². The number of nitrogens with one attached hydrogen (secondary N) is 1. The first-order valence-electron chi connectivity index (χ1n) is 6.83. The second kappa shape index (κ2) is 5.44. The van der Waals surface area contributed by atoms with Crippen LogP contribution < -0.4 is 10.2 Å². The zero-order chi connectivity index (χ0) is 12.3. The summed E-state index contributed by atoms with van der Waals surface area (Å²) in [6.45, 7) is 8.89. The van der Waals surface area contributed by atoms with Crippen molar-refractivity contribution in [2.24, 2.45) is 0 Å². The van der Waals surface area contributed by atoms with Crippen LogP contribution in [0.2, 0.25) is 0 Å². The highest BCUT2D eigenvalue weighted by molar-refractivity contribution is 5.61. The normalized spacial score (nSPS) is 20.4. The summed E-state index contributed by atoms with van der Waals surface area (Å²) in [6.07, 6.45) is 4.04. The van der Waals surface area contributed by atoms with Gasteiger partial charge in [0.25, 0.3) is 0 Å². The molecule has 0 aliphatic carbocycles. The third-order valence-corrected chi connectivity index (χ3v) is 3.69. The van der Waals surface area contributed by atoms with Gasteiger partial charge in [0.2, 0.25) is 0 Å². The van der Waals surface area contributed by atoms with Crippen molar-refractivity contribution in [2.45, 2.75) is 46.1 Å². The van der Waals surface area contributed by atoms with Crippen molar-refractivity contribution in [2.75, 3.05) is 23.3 Å². The van der Waals surface area contributed by atoms with Gasteiger partial charge in [0.1, 0.15) is 0 Å². The van der Waals surface area contributed by atoms with Crippen molar-refractivity contribution in [3.63, 3.8) is 0 Å². The minimum absolute atomic E-state index is 0.687. The molecule has 2 heteroatoms. The van der Waals surface area contributed by atoms with Crippen LogP contribution in [0, 0.1) is 6.92 Å². The smallest absolute Gasteiger partial charge is 0.0399 e. The van der Waals surface area contributed by atoms with E-state index in [9.17, 15) is 0 Å². The number of aryl methyl sites for hydroxylation is 1. The number of hydrogen-bond acceptors (Lipinski definition) is 2. The molecule has 1 atom stereocenters. The maximum Gasteiger partial charge on any atom is 0.0399 e. The summed E-state index contributed by atoms with van der Waals surface area (Å²) in [7, 11) is 0. The summed E-state index contributed by atoms with van der Waals surface area (Å²) < 4.78 is 0. The Morgan fingerprint density at radius 2 is 2.18 bits per heavy atom. The highest BCUT2D eigenvalue weighted by Crippen LogP contribution is 2.29. The molecule has 0 saturated carbocycles. The molecule has 1 unspecified atom stereocenters. The third-order valence-electron chi connectivity index (χ3n) is 3.69. The van der Waals surface area contributed by atoms with Gasteiger partial charge in [0, 0.05) is 30.5 Å². The number of hydrogen-bond donors (Lipinski definition) is 1. The van der Waals surface area contributed by atoms with Gasteiger partial charge in [-0.15, -0.1) is 0 Å². The number of rotatable bonds is 3. The number of anilines is 2. The Kier molecular flexibility index (Phi) is 3.93. The monoisotopic (exact) mass is 232 g/mol. The first-order valence-corrected chi connectivity index (χ1v) is 6.83. The van der Waals surface area contributed by atoms with Crippen LogP contribution in [0.5, 0.6) is 0 Å². The van der Waals surface area contributed by atoms with Gasteiger partial charge in [-0.2, -0.15) is 0 Å². The summed E-state index contributed by atoms with van der Waals surface area (Å²) in [5.74, 6) is 0. The topological polar surface area (TPSA) is 15.3 Å². The summed E-state index contributed by atoms with van der Waals surface area (Å²) >= 11 is 0. The Bertz CT molecular complexity index is 373. The molecule has 1 aromatic carbocycles. The first-order chi connectivity index (χ1) is 8.22. The van der Waals surface area contributed by atoms with Gasteiger partial charge in [-0.1, -0.05) is 0 Å². The third kappa shape index (κ3) is 2.74. The SMILES string of the molecule is CCNc1ccc(N2CCCCC2C)c(C)c1. The zero-order valence-electron chi connectivity index (χ0n) is 11.3. The molecule has 0 amide bonds. The maximum atomic E-state index is 3.37. The van der Waals surface area contributed by atoms with Gasteiger partial charge < -0.3 is 10.2 Å². The minimum Gasteiger partial charge on any atom is -0.385 e. The molecule has 1 N–H and O–H groups in total. The number of nitrogens with zero attached hydrogens (tertiary/aromatic N) is 1. The lowest BCUT2D eigenvalue weighted by atomic mass is 10.0. The molecule has 2 nitrogen and oxygen atoms in total. The first kappa shape index (κ1) is 12.3. The predicted octanol–water partition coefficient (Wildman–Crippen LogP) is 3.81. The molecule has 1 aromatic rings. The second-order valence-corrected chi connectivity index (χ2v) is 5.07. The van der Waals surface area contributed by atoms with Crippen molar-refractivity contribution in [1.82, 2.24) is 0 Å². The largest absolute Gasteiger partial charge is 0.385 e. The molecule has 1 saturated heterocycles. The molecule has 0 spiro atoms. The van der Waals surface area contributed by atoms with Crippen molar-refractivity contribution in [3.8, 4) is 0 Å². The van der Waals surface area contributed by atoms with E-state index >= 15 is 0 Å². The van der Waals surface area contributed by atoms with E-state index in [1.165, 1.54) is 42.7 Å². The quantitative estimate of drug-likeness (QED) is 0.852. The Morgan fingerprint density at radius 3 is 2.82 bits per heavy atom. The summed E-state index contributed by atoms with van der Waals surface area (Å²) in [6, 6.07) is 7.43. The maximum absolute atomic E-state index is 3.37. The van der Waals surface area contributed by atoms with E-state index in [1.54, 1.807) is 0 Å². The molecule has 1 aliphatic heterocycles. The van der Waals surface area contributed by atoms with Crippen LogP contribution in [0.4, 0.5) is 11.4 Å². The van der Waals surface area contributed by atoms with Crippen molar-refractivity contribution in [3.05, 3.63) is 23.8 Å².